The van der Waals surface area contributed by atoms with Gasteiger partial charge >= 0.3 is 0 Å². The first-order chi connectivity index (χ1) is 15.3. The summed E-state index contributed by atoms with van der Waals surface area (Å²) >= 11 is 0. The SMILES string of the molecule is Cn1c2cc3ccccc3c3c4ccccc4n4c5ccccc5c5ccc1c(c32)c54. The van der Waals surface area contributed by atoms with Crippen molar-refractivity contribution in [3.05, 3.63) is 91.0 Å². The molecular weight excluding hydrogens is 376 g/mol. The first-order valence-electron chi connectivity index (χ1n) is 10.8. The third-order valence-corrected chi connectivity index (χ3v) is 7.23. The number of aryl methyl sites for hydroxylation is 1. The number of fused-ring (bicyclic) bond motifs is 8. The first kappa shape index (κ1) is 15.8. The fourth-order valence-corrected chi connectivity index (χ4v) is 5.96. The van der Waals surface area contributed by atoms with Crippen LogP contribution in [-0.4, -0.2) is 8.97 Å². The van der Waals surface area contributed by atoms with Crippen molar-refractivity contribution in [1.82, 2.24) is 8.97 Å². The summed E-state index contributed by atoms with van der Waals surface area (Å²) in [4.78, 5) is 0. The minimum atomic E-state index is 1.26. The molecule has 31 heavy (non-hydrogen) atoms. The number of para-hydroxylation sites is 2. The monoisotopic (exact) mass is 394 g/mol. The second-order valence-electron chi connectivity index (χ2n) is 8.65. The van der Waals surface area contributed by atoms with Crippen molar-refractivity contribution in [2.45, 2.75) is 0 Å². The van der Waals surface area contributed by atoms with E-state index in [0.29, 0.717) is 0 Å². The summed E-state index contributed by atoms with van der Waals surface area (Å²) in [7, 11) is 2.20. The van der Waals surface area contributed by atoms with E-state index in [1.165, 1.54) is 70.7 Å². The Balaban J connectivity index is 1.94. The zero-order chi connectivity index (χ0) is 20.3. The van der Waals surface area contributed by atoms with Gasteiger partial charge in [0, 0.05) is 39.4 Å². The maximum Gasteiger partial charge on any atom is 0.0641 e. The predicted molar refractivity (Wildman–Crippen MR) is 133 cm³/mol. The lowest BCUT2D eigenvalue weighted by atomic mass is 9.98. The van der Waals surface area contributed by atoms with Crippen LogP contribution in [0.15, 0.2) is 91.0 Å². The fraction of sp³-hybridized carbons (Fsp3) is 0.0345. The maximum absolute atomic E-state index is 2.50. The number of aromatic nitrogens is 2. The summed E-state index contributed by atoms with van der Waals surface area (Å²) in [5, 5.41) is 10.6. The van der Waals surface area contributed by atoms with Crippen molar-refractivity contribution in [2.75, 3.05) is 0 Å². The molecule has 2 heteroatoms. The van der Waals surface area contributed by atoms with Crippen LogP contribution in [0.2, 0.25) is 0 Å². The lowest BCUT2D eigenvalue weighted by molar-refractivity contribution is 1.02. The number of hydrogen-bond donors (Lipinski definition) is 0. The van der Waals surface area contributed by atoms with E-state index >= 15 is 0 Å². The van der Waals surface area contributed by atoms with Crippen LogP contribution in [0.3, 0.4) is 0 Å². The van der Waals surface area contributed by atoms with Crippen molar-refractivity contribution < 1.29 is 0 Å². The number of hydrogen-bond acceptors (Lipinski definition) is 0. The van der Waals surface area contributed by atoms with Crippen molar-refractivity contribution in [3.8, 4) is 0 Å². The molecule has 5 aromatic carbocycles. The molecule has 3 aromatic heterocycles. The molecule has 0 N–H and O–H groups in total. The van der Waals surface area contributed by atoms with Crippen LogP contribution in [0.5, 0.6) is 0 Å². The molecule has 0 aliphatic heterocycles. The molecule has 0 fully saturated rings. The normalized spacial score (nSPS) is 12.7. The highest BCUT2D eigenvalue weighted by Crippen LogP contribution is 2.45. The quantitative estimate of drug-likeness (QED) is 0.250. The predicted octanol–water partition coefficient (Wildman–Crippen LogP) is 7.63. The molecule has 3 heterocycles. The van der Waals surface area contributed by atoms with Crippen LogP contribution >= 0.6 is 0 Å². The summed E-state index contributed by atoms with van der Waals surface area (Å²) < 4.78 is 4.87. The molecular formula is C29H18N2. The van der Waals surface area contributed by atoms with E-state index in [0.717, 1.165) is 0 Å². The van der Waals surface area contributed by atoms with E-state index in [4.69, 9.17) is 0 Å². The first-order valence-corrected chi connectivity index (χ1v) is 10.8. The lowest BCUT2D eigenvalue weighted by Gasteiger charge is -2.07. The van der Waals surface area contributed by atoms with E-state index in [-0.39, 0.29) is 0 Å². The number of nitrogens with zero attached hydrogens (tertiary/aromatic N) is 2. The standard InChI is InChI=1S/C29H18N2/c1-30-24-15-14-20-19-10-4-6-12-22(19)31-23-13-7-5-11-21(23)26-18-9-3-2-8-17(18)16-25(30)27(26)28(24)29(20)31/h2-16H,1H3. The Bertz CT molecular complexity index is 2000. The van der Waals surface area contributed by atoms with Gasteiger partial charge in [0.2, 0.25) is 0 Å². The molecule has 0 saturated carbocycles. The third kappa shape index (κ3) is 1.69. The van der Waals surface area contributed by atoms with Gasteiger partial charge in [-0.05, 0) is 35.0 Å². The average molecular weight is 394 g/mol. The van der Waals surface area contributed by atoms with Gasteiger partial charge in [0.25, 0.3) is 0 Å². The molecule has 144 valence electrons. The summed E-state index contributed by atoms with van der Waals surface area (Å²) in [6.45, 7) is 0. The minimum Gasteiger partial charge on any atom is -0.344 e. The molecule has 0 amide bonds. The van der Waals surface area contributed by atoms with E-state index in [9.17, 15) is 0 Å². The largest absolute Gasteiger partial charge is 0.344 e. The molecule has 2 nitrogen and oxygen atoms in total. The Hall–Kier alpha value is -4.04. The van der Waals surface area contributed by atoms with Crippen molar-refractivity contribution in [2.24, 2.45) is 7.05 Å². The highest BCUT2D eigenvalue weighted by Gasteiger charge is 2.22. The van der Waals surface area contributed by atoms with E-state index in [1.54, 1.807) is 0 Å². The van der Waals surface area contributed by atoms with Gasteiger partial charge in [-0.1, -0.05) is 66.7 Å². The molecule has 0 unspecified atom stereocenters. The summed E-state index contributed by atoms with van der Waals surface area (Å²) in [6, 6.07) is 33.5. The zero-order valence-electron chi connectivity index (χ0n) is 17.1. The van der Waals surface area contributed by atoms with Crippen LogP contribution in [0.4, 0.5) is 0 Å². The fourth-order valence-electron chi connectivity index (χ4n) is 5.96. The topological polar surface area (TPSA) is 9.34 Å². The highest BCUT2D eigenvalue weighted by atomic mass is 15.0. The Morgan fingerprint density at radius 2 is 1.16 bits per heavy atom. The van der Waals surface area contributed by atoms with Gasteiger partial charge < -0.3 is 8.97 Å². The molecule has 0 aliphatic rings. The second kappa shape index (κ2) is 5.16. The van der Waals surface area contributed by atoms with E-state index in [1.807, 2.05) is 0 Å². The van der Waals surface area contributed by atoms with Crippen LogP contribution in [0.25, 0.3) is 70.7 Å². The summed E-state index contributed by atoms with van der Waals surface area (Å²) in [5.41, 5.74) is 6.44. The van der Waals surface area contributed by atoms with Gasteiger partial charge in [-0.2, -0.15) is 0 Å². The Kier molecular flexibility index (Phi) is 2.62. The molecule has 0 radical (unpaired) electrons. The van der Waals surface area contributed by atoms with E-state index in [2.05, 4.69) is 107 Å². The lowest BCUT2D eigenvalue weighted by Crippen LogP contribution is -1.89. The summed E-state index contributed by atoms with van der Waals surface area (Å²) in [6.07, 6.45) is 0. The van der Waals surface area contributed by atoms with Crippen LogP contribution in [0, 0.1) is 0 Å². The third-order valence-electron chi connectivity index (χ3n) is 7.23. The zero-order valence-corrected chi connectivity index (χ0v) is 17.1. The summed E-state index contributed by atoms with van der Waals surface area (Å²) in [5.74, 6) is 0. The second-order valence-corrected chi connectivity index (χ2v) is 8.65. The van der Waals surface area contributed by atoms with Crippen molar-refractivity contribution >= 4 is 70.7 Å². The van der Waals surface area contributed by atoms with Gasteiger partial charge in [-0.3, -0.25) is 0 Å². The Morgan fingerprint density at radius 1 is 0.484 bits per heavy atom. The van der Waals surface area contributed by atoms with E-state index < -0.39 is 0 Å². The molecule has 0 spiro atoms. The van der Waals surface area contributed by atoms with Crippen LogP contribution in [0.1, 0.15) is 0 Å². The van der Waals surface area contributed by atoms with Gasteiger partial charge in [0.1, 0.15) is 0 Å². The molecule has 0 atom stereocenters. The number of benzene rings is 5. The number of rotatable bonds is 0. The van der Waals surface area contributed by atoms with Crippen LogP contribution < -0.4 is 0 Å². The highest BCUT2D eigenvalue weighted by molar-refractivity contribution is 6.37. The molecule has 0 aliphatic carbocycles. The minimum absolute atomic E-state index is 1.26. The average Bonchev–Trinajstić information content (AvgIpc) is 3.25. The Morgan fingerprint density at radius 3 is 2.00 bits per heavy atom. The smallest absolute Gasteiger partial charge is 0.0641 e. The van der Waals surface area contributed by atoms with Crippen molar-refractivity contribution in [1.29, 1.82) is 0 Å². The van der Waals surface area contributed by atoms with Gasteiger partial charge in [-0.15, -0.1) is 0 Å². The van der Waals surface area contributed by atoms with Gasteiger partial charge in [0.05, 0.1) is 27.6 Å². The van der Waals surface area contributed by atoms with Gasteiger partial charge in [0.15, 0.2) is 0 Å². The van der Waals surface area contributed by atoms with Gasteiger partial charge in [-0.25, -0.2) is 0 Å². The Labute approximate surface area is 177 Å². The molecule has 0 saturated heterocycles. The molecule has 8 rings (SSSR count). The molecule has 0 bridgehead atoms. The van der Waals surface area contributed by atoms with Crippen molar-refractivity contribution in [3.63, 3.8) is 0 Å². The van der Waals surface area contributed by atoms with Crippen LogP contribution in [-0.2, 0) is 7.05 Å². The molecule has 8 aromatic rings. The maximum atomic E-state index is 2.50.